The minimum Gasteiger partial charge on any atom is -0.378 e. The maximum atomic E-state index is 13.2. The van der Waals surface area contributed by atoms with Crippen LogP contribution in [0, 0.1) is 0 Å². The highest BCUT2D eigenvalue weighted by atomic mass is 16.5. The number of rotatable bonds is 4. The first-order valence-corrected chi connectivity index (χ1v) is 8.02. The van der Waals surface area contributed by atoms with Gasteiger partial charge in [0.1, 0.15) is 12.0 Å². The highest BCUT2D eigenvalue weighted by Gasteiger charge is 2.19. The number of fused-ring (bicyclic) bond motifs is 3. The highest BCUT2D eigenvalue weighted by Crippen LogP contribution is 2.20. The van der Waals surface area contributed by atoms with Crippen molar-refractivity contribution in [2.24, 2.45) is 0 Å². The summed E-state index contributed by atoms with van der Waals surface area (Å²) in [5.41, 5.74) is 2.83. The fourth-order valence-corrected chi connectivity index (χ4v) is 3.11. The van der Waals surface area contributed by atoms with Crippen molar-refractivity contribution in [2.45, 2.75) is 26.5 Å². The molecule has 8 nitrogen and oxygen atoms in total. The zero-order valence-electron chi connectivity index (χ0n) is 14.2. The number of aromatic nitrogens is 6. The summed E-state index contributed by atoms with van der Waals surface area (Å²) in [6, 6.07) is 7.82. The molecule has 0 radical (unpaired) electrons. The molecule has 4 aromatic rings. The number of benzene rings is 1. The summed E-state index contributed by atoms with van der Waals surface area (Å²) in [5.74, 6) is 0.458. The normalized spacial score (nSPS) is 11.8. The van der Waals surface area contributed by atoms with Gasteiger partial charge in [0.25, 0.3) is 5.56 Å². The van der Waals surface area contributed by atoms with Gasteiger partial charge in [0.2, 0.25) is 0 Å². The van der Waals surface area contributed by atoms with E-state index in [1.54, 1.807) is 24.2 Å². The van der Waals surface area contributed by atoms with Crippen molar-refractivity contribution in [1.29, 1.82) is 0 Å². The van der Waals surface area contributed by atoms with Gasteiger partial charge >= 0.3 is 0 Å². The Hall–Kier alpha value is -3.00. The Balaban J connectivity index is 2.07. The van der Waals surface area contributed by atoms with Crippen LogP contribution >= 0.6 is 0 Å². The molecule has 0 aliphatic carbocycles. The number of ether oxygens (including phenoxy) is 1. The molecular formula is C17H18N6O2. The molecule has 0 aliphatic rings. The van der Waals surface area contributed by atoms with Crippen LogP contribution in [0.25, 0.3) is 22.4 Å². The Morgan fingerprint density at radius 3 is 2.68 bits per heavy atom. The smallest absolute Gasteiger partial charge is 0.279 e. The van der Waals surface area contributed by atoms with Crippen LogP contribution in [0.5, 0.6) is 0 Å². The number of hydrogen-bond acceptors (Lipinski definition) is 5. The molecule has 3 heterocycles. The van der Waals surface area contributed by atoms with Gasteiger partial charge in [-0.05, 0) is 26.0 Å². The molecule has 0 aliphatic heterocycles. The van der Waals surface area contributed by atoms with Gasteiger partial charge in [-0.25, -0.2) is 4.98 Å². The summed E-state index contributed by atoms with van der Waals surface area (Å²) in [5, 5.41) is 8.13. The Labute approximate surface area is 143 Å². The van der Waals surface area contributed by atoms with Crippen LogP contribution in [-0.4, -0.2) is 36.1 Å². The van der Waals surface area contributed by atoms with Crippen LogP contribution in [0.15, 0.2) is 41.6 Å². The molecule has 3 aromatic heterocycles. The summed E-state index contributed by atoms with van der Waals surface area (Å²) >= 11 is 0. The third-order valence-corrected chi connectivity index (χ3v) is 4.14. The zero-order valence-corrected chi connectivity index (χ0v) is 14.2. The summed E-state index contributed by atoms with van der Waals surface area (Å²) in [6.45, 7) is 4.34. The summed E-state index contributed by atoms with van der Waals surface area (Å²) in [4.78, 5) is 17.6. The van der Waals surface area contributed by atoms with E-state index in [0.717, 1.165) is 11.0 Å². The molecule has 0 saturated heterocycles. The lowest BCUT2D eigenvalue weighted by Crippen LogP contribution is -2.25. The first kappa shape index (κ1) is 15.5. The Morgan fingerprint density at radius 1 is 1.20 bits per heavy atom. The van der Waals surface area contributed by atoms with E-state index in [1.165, 1.54) is 4.68 Å². The molecule has 1 aromatic carbocycles. The maximum Gasteiger partial charge on any atom is 0.279 e. The predicted molar refractivity (Wildman–Crippen MR) is 93.0 cm³/mol. The molecule has 0 amide bonds. The molecule has 0 atom stereocenters. The van der Waals surface area contributed by atoms with Crippen LogP contribution in [0.2, 0.25) is 0 Å². The number of nitrogens with zero attached hydrogens (tertiary/aromatic N) is 6. The van der Waals surface area contributed by atoms with E-state index in [9.17, 15) is 4.79 Å². The van der Waals surface area contributed by atoms with Gasteiger partial charge in [0.15, 0.2) is 11.3 Å². The van der Waals surface area contributed by atoms with Gasteiger partial charge in [-0.2, -0.15) is 4.68 Å². The quantitative estimate of drug-likeness (QED) is 0.568. The molecule has 0 fully saturated rings. The van der Waals surface area contributed by atoms with E-state index in [2.05, 4.69) is 15.3 Å². The van der Waals surface area contributed by atoms with Crippen LogP contribution in [0.3, 0.4) is 0 Å². The second kappa shape index (κ2) is 5.82. The molecule has 8 heteroatoms. The Bertz CT molecular complexity index is 1120. The number of para-hydroxylation sites is 2. The fraction of sp³-hybridized carbons (Fsp3) is 0.294. The molecule has 0 spiro atoms. The first-order valence-electron chi connectivity index (χ1n) is 8.02. The van der Waals surface area contributed by atoms with E-state index < -0.39 is 0 Å². The zero-order chi connectivity index (χ0) is 17.6. The topological polar surface area (TPSA) is 79.2 Å². The first-order chi connectivity index (χ1) is 12.1. The lowest BCUT2D eigenvalue weighted by Gasteiger charge is -2.15. The largest absolute Gasteiger partial charge is 0.378 e. The van der Waals surface area contributed by atoms with E-state index >= 15 is 0 Å². The number of imidazole rings is 1. The van der Waals surface area contributed by atoms with Gasteiger partial charge in [0.05, 0.1) is 23.8 Å². The second-order valence-corrected chi connectivity index (χ2v) is 6.13. The Morgan fingerprint density at radius 2 is 1.96 bits per heavy atom. The standard InChI is InChI=1S/C17H18N6O2/c1-11(2)23-14-7-5-4-6-13(14)21-10-18-16(15(21)17(23)24)22-8-12(9-25-3)19-20-22/h4-8,10-11H,9H2,1-3H3. The average Bonchev–Trinajstić information content (AvgIpc) is 3.22. The van der Waals surface area contributed by atoms with Gasteiger partial charge in [0, 0.05) is 13.2 Å². The van der Waals surface area contributed by atoms with Gasteiger partial charge in [-0.15, -0.1) is 5.10 Å². The van der Waals surface area contributed by atoms with E-state index in [-0.39, 0.29) is 11.6 Å². The third-order valence-electron chi connectivity index (χ3n) is 4.14. The van der Waals surface area contributed by atoms with E-state index in [0.29, 0.717) is 23.6 Å². The van der Waals surface area contributed by atoms with Crippen molar-refractivity contribution in [1.82, 2.24) is 28.9 Å². The van der Waals surface area contributed by atoms with Crippen LogP contribution in [0.4, 0.5) is 0 Å². The molecule has 0 unspecified atom stereocenters. The Kier molecular flexibility index (Phi) is 3.61. The maximum absolute atomic E-state index is 13.2. The summed E-state index contributed by atoms with van der Waals surface area (Å²) in [7, 11) is 1.60. The average molecular weight is 338 g/mol. The molecule has 0 N–H and O–H groups in total. The van der Waals surface area contributed by atoms with Gasteiger partial charge in [-0.3, -0.25) is 9.20 Å². The van der Waals surface area contributed by atoms with Crippen LogP contribution in [-0.2, 0) is 11.3 Å². The van der Waals surface area contributed by atoms with E-state index in [4.69, 9.17) is 4.74 Å². The molecular weight excluding hydrogens is 320 g/mol. The summed E-state index contributed by atoms with van der Waals surface area (Å²) in [6.07, 6.45) is 3.37. The minimum atomic E-state index is -0.106. The monoisotopic (exact) mass is 338 g/mol. The highest BCUT2D eigenvalue weighted by molar-refractivity contribution is 5.80. The van der Waals surface area contributed by atoms with Gasteiger partial charge in [-0.1, -0.05) is 17.3 Å². The molecule has 4 rings (SSSR count). The van der Waals surface area contributed by atoms with Crippen molar-refractivity contribution < 1.29 is 4.74 Å². The van der Waals surface area contributed by atoms with Crippen molar-refractivity contribution in [2.75, 3.05) is 7.11 Å². The van der Waals surface area contributed by atoms with E-state index in [1.807, 2.05) is 42.5 Å². The predicted octanol–water partition coefficient (Wildman–Crippen LogP) is 1.96. The van der Waals surface area contributed by atoms with Gasteiger partial charge < -0.3 is 9.30 Å². The van der Waals surface area contributed by atoms with Crippen LogP contribution < -0.4 is 5.56 Å². The molecule has 128 valence electrons. The number of methoxy groups -OCH3 is 1. The van der Waals surface area contributed by atoms with Crippen molar-refractivity contribution in [3.63, 3.8) is 0 Å². The summed E-state index contributed by atoms with van der Waals surface area (Å²) < 4.78 is 10.2. The SMILES string of the molecule is COCc1cn(-c2ncn3c2c(=O)n(C(C)C)c2ccccc23)nn1. The van der Waals surface area contributed by atoms with Crippen molar-refractivity contribution in [3.8, 4) is 5.82 Å². The van der Waals surface area contributed by atoms with Crippen molar-refractivity contribution in [3.05, 3.63) is 52.8 Å². The molecule has 0 saturated carbocycles. The third kappa shape index (κ3) is 2.33. The van der Waals surface area contributed by atoms with Crippen molar-refractivity contribution >= 4 is 16.6 Å². The lowest BCUT2D eigenvalue weighted by atomic mass is 10.2. The van der Waals surface area contributed by atoms with Crippen LogP contribution in [0.1, 0.15) is 25.6 Å². The molecule has 0 bridgehead atoms. The minimum absolute atomic E-state index is 0.0185. The second-order valence-electron chi connectivity index (χ2n) is 6.13. The fourth-order valence-electron chi connectivity index (χ4n) is 3.11. The number of hydrogen-bond donors (Lipinski definition) is 0. The lowest BCUT2D eigenvalue weighted by molar-refractivity contribution is 0.181. The molecule has 25 heavy (non-hydrogen) atoms.